The molecule has 11 heteroatoms. The van der Waals surface area contributed by atoms with Crippen LogP contribution in [0.4, 0.5) is 9.93 Å². The van der Waals surface area contributed by atoms with Gasteiger partial charge in [0.2, 0.25) is 0 Å². The summed E-state index contributed by atoms with van der Waals surface area (Å²) in [6.07, 6.45) is 3.67. The average molecular weight is 553 g/mol. The van der Waals surface area contributed by atoms with Gasteiger partial charge in [0.25, 0.3) is 5.91 Å². The highest BCUT2D eigenvalue weighted by Gasteiger charge is 2.20. The van der Waals surface area contributed by atoms with Gasteiger partial charge in [0.05, 0.1) is 33.1 Å². The fourth-order valence-electron chi connectivity index (χ4n) is 4.37. The number of carbonyl (C=O) groups excluding carboxylic acids is 2. The lowest BCUT2D eigenvalue weighted by Crippen LogP contribution is -2.43. The second-order valence-corrected chi connectivity index (χ2v) is 10.6. The van der Waals surface area contributed by atoms with Gasteiger partial charge in [-0.3, -0.25) is 20.3 Å². The van der Waals surface area contributed by atoms with Crippen molar-refractivity contribution >= 4 is 50.2 Å². The van der Waals surface area contributed by atoms with Gasteiger partial charge >= 0.3 is 6.03 Å². The minimum absolute atomic E-state index is 0.159. The fraction of sp³-hybridized carbons (Fsp3) is 0.296. The molecule has 1 saturated heterocycles. The molecule has 4 aromatic rings. The summed E-state index contributed by atoms with van der Waals surface area (Å²) < 4.78 is 8.49. The predicted octanol–water partition coefficient (Wildman–Crippen LogP) is 4.85. The van der Waals surface area contributed by atoms with Gasteiger partial charge in [-0.1, -0.05) is 29.0 Å². The summed E-state index contributed by atoms with van der Waals surface area (Å²) in [5.41, 5.74) is 2.81. The molecule has 2 aromatic carbocycles. The lowest BCUT2D eigenvalue weighted by Gasteiger charge is -2.32. The zero-order valence-corrected chi connectivity index (χ0v) is 22.8. The molecule has 0 unspecified atom stereocenters. The number of piperazine rings is 1. The fourth-order valence-corrected chi connectivity index (χ4v) is 5.53. The van der Waals surface area contributed by atoms with Gasteiger partial charge in [-0.15, -0.1) is 0 Å². The van der Waals surface area contributed by atoms with Gasteiger partial charge in [0.15, 0.2) is 5.13 Å². The zero-order chi connectivity index (χ0) is 26.6. The highest BCUT2D eigenvalue weighted by molar-refractivity contribution is 7.22. The number of amides is 3. The molecule has 0 saturated carbocycles. The molecular formula is C27H29ClN6O3S. The van der Waals surface area contributed by atoms with Crippen molar-refractivity contribution in [3.05, 3.63) is 71.0 Å². The Morgan fingerprint density at radius 2 is 1.87 bits per heavy atom. The van der Waals surface area contributed by atoms with Crippen LogP contribution in [0, 0.1) is 0 Å². The Morgan fingerprint density at radius 3 is 2.61 bits per heavy atom. The summed E-state index contributed by atoms with van der Waals surface area (Å²) in [5, 5.41) is 5.63. The molecule has 1 aliphatic rings. The minimum Gasteiger partial charge on any atom is -0.492 e. The van der Waals surface area contributed by atoms with Gasteiger partial charge in [0, 0.05) is 51.2 Å². The highest BCUT2D eigenvalue weighted by atomic mass is 35.5. The first-order valence-electron chi connectivity index (χ1n) is 12.4. The van der Waals surface area contributed by atoms with Crippen LogP contribution in [-0.2, 0) is 6.54 Å². The van der Waals surface area contributed by atoms with Crippen LogP contribution in [0.1, 0.15) is 22.8 Å². The zero-order valence-electron chi connectivity index (χ0n) is 21.2. The number of halogens is 1. The standard InChI is InChI=1S/C27H29ClN6O3S/c1-3-37-23-16-20(28)19(15-22(23)34-8-4-5-9-34)25(35)30-26(36)31-27-29-21-7-6-18(14-24(21)38-27)17-33-12-10-32(2)11-13-33/h4-9,14-16H,3,10-13,17H2,1-2H3,(H2,29,30,31,35,36). The van der Waals surface area contributed by atoms with E-state index < -0.39 is 11.9 Å². The van der Waals surface area contributed by atoms with Crippen molar-refractivity contribution in [2.24, 2.45) is 0 Å². The van der Waals surface area contributed by atoms with Crippen LogP contribution in [0.3, 0.4) is 0 Å². The Balaban J connectivity index is 1.26. The maximum atomic E-state index is 13.0. The topological polar surface area (TPSA) is 91.7 Å². The largest absolute Gasteiger partial charge is 0.492 e. The smallest absolute Gasteiger partial charge is 0.327 e. The third-order valence-electron chi connectivity index (χ3n) is 6.38. The van der Waals surface area contributed by atoms with Crippen LogP contribution >= 0.6 is 22.9 Å². The maximum absolute atomic E-state index is 13.0. The third-order valence-corrected chi connectivity index (χ3v) is 7.62. The van der Waals surface area contributed by atoms with Gasteiger partial charge in [-0.05, 0) is 49.9 Å². The number of nitrogens with zero attached hydrogens (tertiary/aromatic N) is 4. The monoisotopic (exact) mass is 552 g/mol. The van der Waals surface area contributed by atoms with Gasteiger partial charge in [0.1, 0.15) is 5.75 Å². The van der Waals surface area contributed by atoms with Crippen molar-refractivity contribution < 1.29 is 14.3 Å². The summed E-state index contributed by atoms with van der Waals surface area (Å²) >= 11 is 7.75. The molecule has 38 heavy (non-hydrogen) atoms. The highest BCUT2D eigenvalue weighted by Crippen LogP contribution is 2.31. The lowest BCUT2D eigenvalue weighted by atomic mass is 10.1. The molecule has 3 amide bonds. The van der Waals surface area contributed by atoms with Crippen LogP contribution < -0.4 is 15.4 Å². The molecule has 0 atom stereocenters. The maximum Gasteiger partial charge on any atom is 0.327 e. The number of urea groups is 1. The summed E-state index contributed by atoms with van der Waals surface area (Å²) in [6.45, 7) is 7.42. The number of likely N-dealkylation sites (N-methyl/N-ethyl adjacent to an activating group) is 1. The normalized spacial score (nSPS) is 14.5. The van der Waals surface area contributed by atoms with Crippen molar-refractivity contribution in [3.63, 3.8) is 0 Å². The molecule has 198 valence electrons. The second-order valence-electron chi connectivity index (χ2n) is 9.13. The SMILES string of the molecule is CCOc1cc(Cl)c(C(=O)NC(=O)Nc2nc3ccc(CN4CCN(C)CC4)cc3s2)cc1-n1cccc1. The quantitative estimate of drug-likeness (QED) is 0.341. The number of fused-ring (bicyclic) bond motifs is 1. The Bertz CT molecular complexity index is 1450. The van der Waals surface area contributed by atoms with Crippen molar-refractivity contribution in [1.29, 1.82) is 0 Å². The van der Waals surface area contributed by atoms with E-state index in [-0.39, 0.29) is 10.6 Å². The van der Waals surface area contributed by atoms with E-state index in [4.69, 9.17) is 16.3 Å². The van der Waals surface area contributed by atoms with Crippen LogP contribution in [0.25, 0.3) is 15.9 Å². The molecule has 0 radical (unpaired) electrons. The van der Waals surface area contributed by atoms with Gasteiger partial charge < -0.3 is 14.2 Å². The molecule has 2 aromatic heterocycles. The number of thiazole rings is 1. The number of hydrogen-bond acceptors (Lipinski definition) is 7. The van der Waals surface area contributed by atoms with Gasteiger partial charge in [-0.25, -0.2) is 9.78 Å². The first-order chi connectivity index (χ1) is 18.4. The van der Waals surface area contributed by atoms with Crippen molar-refractivity contribution in [2.45, 2.75) is 13.5 Å². The molecule has 1 aliphatic heterocycles. The van der Waals surface area contributed by atoms with Crippen LogP contribution in [0.2, 0.25) is 5.02 Å². The number of rotatable bonds is 7. The molecule has 9 nitrogen and oxygen atoms in total. The number of hydrogen-bond donors (Lipinski definition) is 2. The van der Waals surface area contributed by atoms with E-state index in [1.165, 1.54) is 16.9 Å². The summed E-state index contributed by atoms with van der Waals surface area (Å²) in [4.78, 5) is 34.9. The molecule has 0 bridgehead atoms. The van der Waals surface area contributed by atoms with Crippen molar-refractivity contribution in [2.75, 3.05) is 45.2 Å². The molecule has 5 rings (SSSR count). The molecule has 0 spiro atoms. The number of carbonyl (C=O) groups is 2. The summed E-state index contributed by atoms with van der Waals surface area (Å²) in [5.74, 6) is -0.0873. The van der Waals surface area contributed by atoms with E-state index in [0.717, 1.165) is 42.9 Å². The van der Waals surface area contributed by atoms with Crippen LogP contribution in [-0.4, -0.2) is 71.1 Å². The van der Waals surface area contributed by atoms with E-state index in [0.29, 0.717) is 23.2 Å². The Hall–Kier alpha value is -3.44. The van der Waals surface area contributed by atoms with E-state index in [1.54, 1.807) is 12.1 Å². The first-order valence-corrected chi connectivity index (χ1v) is 13.6. The predicted molar refractivity (Wildman–Crippen MR) is 151 cm³/mol. The summed E-state index contributed by atoms with van der Waals surface area (Å²) in [7, 11) is 2.15. The average Bonchev–Trinajstić information content (AvgIpc) is 3.55. The van der Waals surface area contributed by atoms with Crippen molar-refractivity contribution in [1.82, 2.24) is 24.7 Å². The third kappa shape index (κ3) is 5.99. The Kier molecular flexibility index (Phi) is 7.94. The van der Waals surface area contributed by atoms with Crippen LogP contribution in [0.5, 0.6) is 5.75 Å². The minimum atomic E-state index is -0.681. The number of nitrogens with one attached hydrogen (secondary N) is 2. The summed E-state index contributed by atoms with van der Waals surface area (Å²) in [6, 6.07) is 12.4. The molecular weight excluding hydrogens is 524 g/mol. The molecule has 3 heterocycles. The van der Waals surface area contributed by atoms with Gasteiger partial charge in [-0.2, -0.15) is 0 Å². The number of ether oxygens (including phenoxy) is 1. The van der Waals surface area contributed by atoms with E-state index in [1.807, 2.05) is 42.1 Å². The van der Waals surface area contributed by atoms with Crippen molar-refractivity contribution in [3.8, 4) is 11.4 Å². The van der Waals surface area contributed by atoms with E-state index >= 15 is 0 Å². The Morgan fingerprint density at radius 1 is 1.11 bits per heavy atom. The number of anilines is 1. The second kappa shape index (κ2) is 11.5. The number of benzene rings is 2. The van der Waals surface area contributed by atoms with E-state index in [2.05, 4.69) is 44.6 Å². The molecule has 1 fully saturated rings. The lowest BCUT2D eigenvalue weighted by molar-refractivity contribution is 0.0967. The number of aromatic nitrogens is 2. The Labute approximate surface area is 230 Å². The van der Waals surface area contributed by atoms with Crippen LogP contribution in [0.15, 0.2) is 54.9 Å². The number of imide groups is 1. The molecule has 2 N–H and O–H groups in total. The van der Waals surface area contributed by atoms with E-state index in [9.17, 15) is 9.59 Å². The molecule has 0 aliphatic carbocycles. The first kappa shape index (κ1) is 26.2.